The quantitative estimate of drug-likeness (QED) is 0.746. The van der Waals surface area contributed by atoms with Gasteiger partial charge in [-0.15, -0.1) is 5.10 Å². The van der Waals surface area contributed by atoms with Gasteiger partial charge < -0.3 is 10.5 Å². The lowest BCUT2D eigenvalue weighted by molar-refractivity contribution is 0.308. The second kappa shape index (κ2) is 5.95. The van der Waals surface area contributed by atoms with Crippen LogP contribution in [0.5, 0.6) is 5.75 Å². The number of aromatic nitrogens is 4. The molecule has 2 rings (SSSR count). The molecule has 2 N–H and O–H groups in total. The maximum Gasteiger partial charge on any atom is 0.143 e. The molecule has 0 aliphatic heterocycles. The first-order valence-corrected chi connectivity index (χ1v) is 5.56. The fraction of sp³-hybridized carbons (Fsp3) is 0.364. The number of benzene rings is 1. The number of tetrazole rings is 1. The molecule has 0 aliphatic rings. The van der Waals surface area contributed by atoms with Crippen LogP contribution in [0.1, 0.15) is 12.8 Å². The summed E-state index contributed by atoms with van der Waals surface area (Å²) >= 11 is 0. The van der Waals surface area contributed by atoms with E-state index < -0.39 is 0 Å². The largest absolute Gasteiger partial charge is 0.494 e. The Kier molecular flexibility index (Phi) is 4.04. The number of unbranched alkanes of at least 4 members (excludes halogenated alkanes) is 1. The normalized spacial score (nSPS) is 10.4. The van der Waals surface area contributed by atoms with Crippen LogP contribution in [0.15, 0.2) is 30.6 Å². The monoisotopic (exact) mass is 233 g/mol. The van der Waals surface area contributed by atoms with Crippen molar-refractivity contribution in [1.82, 2.24) is 20.2 Å². The zero-order valence-corrected chi connectivity index (χ0v) is 9.49. The number of ether oxygens (including phenoxy) is 1. The standard InChI is InChI=1S/C11H15N5O/c12-7-1-2-8-17-11-5-3-10(4-6-11)16-9-13-14-15-16/h3-6,9H,1-2,7-8,12H2. The highest BCUT2D eigenvalue weighted by Gasteiger charge is 1.98. The van der Waals surface area contributed by atoms with Crippen molar-refractivity contribution in [1.29, 1.82) is 0 Å². The maximum absolute atomic E-state index is 5.56. The first-order valence-electron chi connectivity index (χ1n) is 5.56. The van der Waals surface area contributed by atoms with Gasteiger partial charge in [0, 0.05) is 0 Å². The van der Waals surface area contributed by atoms with Gasteiger partial charge in [-0.25, -0.2) is 4.68 Å². The van der Waals surface area contributed by atoms with E-state index >= 15 is 0 Å². The molecule has 1 aromatic carbocycles. The summed E-state index contributed by atoms with van der Waals surface area (Å²) < 4.78 is 7.16. The van der Waals surface area contributed by atoms with Crippen molar-refractivity contribution in [3.05, 3.63) is 30.6 Å². The lowest BCUT2D eigenvalue weighted by Crippen LogP contribution is -2.03. The Morgan fingerprint density at radius 1 is 1.18 bits per heavy atom. The molecule has 0 atom stereocenters. The van der Waals surface area contributed by atoms with E-state index in [2.05, 4.69) is 15.5 Å². The molecule has 90 valence electrons. The summed E-state index contributed by atoms with van der Waals surface area (Å²) in [4.78, 5) is 0. The van der Waals surface area contributed by atoms with Crippen LogP contribution in [0.25, 0.3) is 5.69 Å². The molecule has 0 radical (unpaired) electrons. The summed E-state index contributed by atoms with van der Waals surface area (Å²) in [7, 11) is 0. The van der Waals surface area contributed by atoms with Crippen LogP contribution in [-0.2, 0) is 0 Å². The van der Waals surface area contributed by atoms with Crippen LogP contribution in [0.4, 0.5) is 0 Å². The van der Waals surface area contributed by atoms with Crippen molar-refractivity contribution in [3.8, 4) is 11.4 Å². The Bertz CT molecular complexity index is 426. The van der Waals surface area contributed by atoms with Crippen molar-refractivity contribution in [3.63, 3.8) is 0 Å². The van der Waals surface area contributed by atoms with E-state index in [1.165, 1.54) is 0 Å². The van der Waals surface area contributed by atoms with Gasteiger partial charge in [0.1, 0.15) is 12.1 Å². The van der Waals surface area contributed by atoms with E-state index in [0.29, 0.717) is 13.2 Å². The fourth-order valence-electron chi connectivity index (χ4n) is 1.41. The topological polar surface area (TPSA) is 78.9 Å². The minimum absolute atomic E-state index is 0.696. The van der Waals surface area contributed by atoms with Gasteiger partial charge in [0.05, 0.1) is 12.3 Å². The lowest BCUT2D eigenvalue weighted by Gasteiger charge is -2.06. The fourth-order valence-corrected chi connectivity index (χ4v) is 1.41. The molecule has 0 fully saturated rings. The Labute approximate surface area is 99.4 Å². The van der Waals surface area contributed by atoms with Crippen LogP contribution in [0, 0.1) is 0 Å². The summed E-state index contributed by atoms with van der Waals surface area (Å²) in [6.07, 6.45) is 3.52. The Morgan fingerprint density at radius 3 is 2.65 bits per heavy atom. The summed E-state index contributed by atoms with van der Waals surface area (Å²) in [6.45, 7) is 1.41. The molecule has 0 bridgehead atoms. The van der Waals surface area contributed by atoms with Gasteiger partial charge >= 0.3 is 0 Å². The minimum Gasteiger partial charge on any atom is -0.494 e. The summed E-state index contributed by atoms with van der Waals surface area (Å²) in [5.74, 6) is 0.846. The van der Waals surface area contributed by atoms with E-state index in [1.54, 1.807) is 11.0 Å². The van der Waals surface area contributed by atoms with E-state index in [1.807, 2.05) is 24.3 Å². The van der Waals surface area contributed by atoms with Crippen LogP contribution in [0.3, 0.4) is 0 Å². The average molecular weight is 233 g/mol. The molecular weight excluding hydrogens is 218 g/mol. The van der Waals surface area contributed by atoms with Crippen LogP contribution in [0.2, 0.25) is 0 Å². The van der Waals surface area contributed by atoms with Gasteiger partial charge in [0.2, 0.25) is 0 Å². The van der Waals surface area contributed by atoms with Gasteiger partial charge in [-0.1, -0.05) is 0 Å². The number of rotatable bonds is 6. The highest BCUT2D eigenvalue weighted by molar-refractivity contribution is 5.36. The zero-order valence-electron chi connectivity index (χ0n) is 9.49. The minimum atomic E-state index is 0.696. The van der Waals surface area contributed by atoms with Gasteiger partial charge in [0.15, 0.2) is 0 Å². The summed E-state index contributed by atoms with van der Waals surface area (Å²) in [5.41, 5.74) is 6.31. The first kappa shape index (κ1) is 11.5. The highest BCUT2D eigenvalue weighted by atomic mass is 16.5. The SMILES string of the molecule is NCCCCOc1ccc(-n2cnnn2)cc1. The summed E-state index contributed by atoms with van der Waals surface area (Å²) in [6, 6.07) is 7.63. The first-order chi connectivity index (χ1) is 8.40. The third-order valence-corrected chi connectivity index (χ3v) is 2.32. The Morgan fingerprint density at radius 2 is 2.00 bits per heavy atom. The molecule has 17 heavy (non-hydrogen) atoms. The molecular formula is C11H15N5O. The molecule has 6 heteroatoms. The molecule has 6 nitrogen and oxygen atoms in total. The average Bonchev–Trinajstić information content (AvgIpc) is 2.89. The van der Waals surface area contributed by atoms with Gasteiger partial charge in [-0.05, 0) is 54.1 Å². The molecule has 1 aromatic heterocycles. The number of hydrogen-bond donors (Lipinski definition) is 1. The molecule has 0 amide bonds. The van der Waals surface area contributed by atoms with Gasteiger partial charge in [-0.3, -0.25) is 0 Å². The summed E-state index contributed by atoms with van der Waals surface area (Å²) in [5, 5.41) is 11.0. The van der Waals surface area contributed by atoms with Crippen molar-refractivity contribution >= 4 is 0 Å². The van der Waals surface area contributed by atoms with Crippen molar-refractivity contribution in [2.45, 2.75) is 12.8 Å². The van der Waals surface area contributed by atoms with Gasteiger partial charge in [-0.2, -0.15) is 0 Å². The third-order valence-electron chi connectivity index (χ3n) is 2.32. The van der Waals surface area contributed by atoms with Crippen LogP contribution in [-0.4, -0.2) is 33.4 Å². The number of hydrogen-bond acceptors (Lipinski definition) is 5. The number of nitrogens with zero attached hydrogens (tertiary/aromatic N) is 4. The molecule has 0 saturated heterocycles. The van der Waals surface area contributed by atoms with E-state index in [0.717, 1.165) is 24.3 Å². The molecule has 0 spiro atoms. The second-order valence-corrected chi connectivity index (χ2v) is 3.59. The van der Waals surface area contributed by atoms with E-state index in [-0.39, 0.29) is 0 Å². The molecule has 2 aromatic rings. The molecule has 0 saturated carbocycles. The predicted molar refractivity (Wildman–Crippen MR) is 62.9 cm³/mol. The predicted octanol–water partition coefficient (Wildman–Crippen LogP) is 0.780. The maximum atomic E-state index is 5.56. The third kappa shape index (κ3) is 3.25. The smallest absolute Gasteiger partial charge is 0.143 e. The van der Waals surface area contributed by atoms with E-state index in [4.69, 9.17) is 10.5 Å². The van der Waals surface area contributed by atoms with Crippen LogP contribution < -0.4 is 10.5 Å². The Balaban J connectivity index is 1.90. The highest BCUT2D eigenvalue weighted by Crippen LogP contribution is 2.14. The molecule has 1 heterocycles. The molecule has 0 unspecified atom stereocenters. The van der Waals surface area contributed by atoms with E-state index in [9.17, 15) is 0 Å². The van der Waals surface area contributed by atoms with Crippen molar-refractivity contribution in [2.24, 2.45) is 5.73 Å². The Hall–Kier alpha value is -1.95. The second-order valence-electron chi connectivity index (χ2n) is 3.59. The van der Waals surface area contributed by atoms with Crippen molar-refractivity contribution < 1.29 is 4.74 Å². The van der Waals surface area contributed by atoms with Gasteiger partial charge in [0.25, 0.3) is 0 Å². The lowest BCUT2D eigenvalue weighted by atomic mass is 10.3. The van der Waals surface area contributed by atoms with Crippen molar-refractivity contribution in [2.75, 3.05) is 13.2 Å². The number of nitrogens with two attached hydrogens (primary N) is 1. The molecule has 0 aliphatic carbocycles. The zero-order chi connectivity index (χ0) is 11.9. The van der Waals surface area contributed by atoms with Crippen LogP contribution >= 0.6 is 0 Å².